The predicted octanol–water partition coefficient (Wildman–Crippen LogP) is -0.893. The van der Waals surface area contributed by atoms with Crippen LogP contribution in [0.25, 0.3) is 11.0 Å². The van der Waals surface area contributed by atoms with Crippen LogP contribution in [0.4, 0.5) is 0 Å². The topological polar surface area (TPSA) is 173 Å². The first-order chi connectivity index (χ1) is 13.0. The SMILES string of the molecule is Cc1cc(=O)oc2cc(O[C@H]3O[C@@H](COS(=O)(=O)O)[C@H](O)[C@@H](O)[C@@H]3O)ccc12. The van der Waals surface area contributed by atoms with Gasteiger partial charge >= 0.3 is 16.0 Å². The molecule has 0 saturated carbocycles. The van der Waals surface area contributed by atoms with E-state index in [1.54, 1.807) is 13.0 Å². The van der Waals surface area contributed by atoms with Crippen molar-refractivity contribution in [1.29, 1.82) is 0 Å². The van der Waals surface area contributed by atoms with Gasteiger partial charge < -0.3 is 29.2 Å². The highest BCUT2D eigenvalue weighted by Crippen LogP contribution is 2.27. The fourth-order valence-corrected chi connectivity index (χ4v) is 3.12. The van der Waals surface area contributed by atoms with Crippen LogP contribution < -0.4 is 10.4 Å². The lowest BCUT2D eigenvalue weighted by Crippen LogP contribution is -2.60. The van der Waals surface area contributed by atoms with Crippen molar-refractivity contribution < 1.29 is 46.4 Å². The molecule has 0 amide bonds. The first-order valence-corrected chi connectivity index (χ1v) is 9.44. The Morgan fingerprint density at radius 1 is 1.11 bits per heavy atom. The molecule has 1 aromatic carbocycles. The van der Waals surface area contributed by atoms with E-state index in [-0.39, 0.29) is 11.3 Å². The third kappa shape index (κ3) is 4.50. The molecule has 0 spiro atoms. The van der Waals surface area contributed by atoms with Crippen molar-refractivity contribution >= 4 is 21.4 Å². The normalized spacial score (nSPS) is 28.4. The summed E-state index contributed by atoms with van der Waals surface area (Å²) in [4.78, 5) is 11.5. The van der Waals surface area contributed by atoms with E-state index < -0.39 is 53.3 Å². The molecule has 2 aromatic rings. The second-order valence-electron chi connectivity index (χ2n) is 6.25. The number of rotatable bonds is 5. The molecule has 3 rings (SSSR count). The van der Waals surface area contributed by atoms with Gasteiger partial charge in [-0.05, 0) is 24.6 Å². The van der Waals surface area contributed by atoms with E-state index in [1.165, 1.54) is 18.2 Å². The molecular weight excluding hydrogens is 400 g/mol. The number of hydrogen-bond donors (Lipinski definition) is 4. The smallest absolute Gasteiger partial charge is 0.397 e. The second kappa shape index (κ2) is 7.75. The highest BCUT2D eigenvalue weighted by Gasteiger charge is 2.45. The summed E-state index contributed by atoms with van der Waals surface area (Å²) in [5.41, 5.74) is 0.351. The molecule has 1 aliphatic heterocycles. The quantitative estimate of drug-likeness (QED) is 0.350. The number of hydrogen-bond acceptors (Lipinski definition) is 10. The number of aliphatic hydroxyl groups excluding tert-OH is 3. The number of benzene rings is 1. The van der Waals surface area contributed by atoms with E-state index in [9.17, 15) is 28.5 Å². The Balaban J connectivity index is 1.81. The summed E-state index contributed by atoms with van der Waals surface area (Å²) >= 11 is 0. The molecule has 2 heterocycles. The Morgan fingerprint density at radius 3 is 2.50 bits per heavy atom. The number of aryl methyl sites for hydroxylation is 1. The first-order valence-electron chi connectivity index (χ1n) is 8.08. The van der Waals surface area contributed by atoms with E-state index in [0.717, 1.165) is 0 Å². The van der Waals surface area contributed by atoms with Gasteiger partial charge in [-0.15, -0.1) is 0 Å². The largest absolute Gasteiger partial charge is 0.462 e. The standard InChI is InChI=1S/C16H18O11S/c1-7-4-12(17)26-10-5-8(2-3-9(7)10)25-16-15(20)14(19)13(18)11(27-16)6-24-28(21,22)23/h2-5,11,13-16,18-20H,6H2,1H3,(H,21,22,23)/t11-,13-,14+,15-,16-/m0/s1. The molecule has 0 aliphatic carbocycles. The molecule has 1 fully saturated rings. The van der Waals surface area contributed by atoms with Crippen LogP contribution in [0.2, 0.25) is 0 Å². The minimum absolute atomic E-state index is 0.114. The zero-order valence-electron chi connectivity index (χ0n) is 14.5. The summed E-state index contributed by atoms with van der Waals surface area (Å²) < 4.78 is 50.0. The minimum Gasteiger partial charge on any atom is -0.462 e. The van der Waals surface area contributed by atoms with Crippen LogP contribution in [0.15, 0.2) is 33.5 Å². The molecule has 0 unspecified atom stereocenters. The summed E-state index contributed by atoms with van der Waals surface area (Å²) in [7, 11) is -4.80. The fourth-order valence-electron chi connectivity index (χ4n) is 2.82. The van der Waals surface area contributed by atoms with Crippen molar-refractivity contribution in [2.45, 2.75) is 37.6 Å². The Bertz CT molecular complexity index is 1010. The molecule has 0 bridgehead atoms. The Morgan fingerprint density at radius 2 is 1.82 bits per heavy atom. The molecule has 1 aliphatic rings. The van der Waals surface area contributed by atoms with Crippen LogP contribution in [0.3, 0.4) is 0 Å². The van der Waals surface area contributed by atoms with Crippen LogP contribution >= 0.6 is 0 Å². The summed E-state index contributed by atoms with van der Waals surface area (Å²) in [6.07, 6.45) is -8.06. The van der Waals surface area contributed by atoms with Crippen LogP contribution in [0, 0.1) is 6.92 Å². The number of ether oxygens (including phenoxy) is 2. The first kappa shape index (κ1) is 20.7. The van der Waals surface area contributed by atoms with Crippen molar-refractivity contribution in [2.75, 3.05) is 6.61 Å². The molecule has 4 N–H and O–H groups in total. The molecule has 1 aromatic heterocycles. The van der Waals surface area contributed by atoms with Crippen molar-refractivity contribution in [3.63, 3.8) is 0 Å². The lowest BCUT2D eigenvalue weighted by atomic mass is 9.99. The van der Waals surface area contributed by atoms with E-state index in [4.69, 9.17) is 18.4 Å². The van der Waals surface area contributed by atoms with Crippen LogP contribution in [-0.4, -0.2) is 65.6 Å². The van der Waals surface area contributed by atoms with E-state index in [2.05, 4.69) is 4.18 Å². The van der Waals surface area contributed by atoms with Crippen LogP contribution in [-0.2, 0) is 19.3 Å². The minimum atomic E-state index is -4.80. The van der Waals surface area contributed by atoms with Crippen molar-refractivity contribution in [1.82, 2.24) is 0 Å². The van der Waals surface area contributed by atoms with E-state index in [1.807, 2.05) is 0 Å². The Hall–Kier alpha value is -2.06. The maximum Gasteiger partial charge on any atom is 0.397 e. The van der Waals surface area contributed by atoms with E-state index in [0.29, 0.717) is 10.9 Å². The summed E-state index contributed by atoms with van der Waals surface area (Å²) in [5, 5.41) is 30.6. The molecule has 28 heavy (non-hydrogen) atoms. The molecule has 0 radical (unpaired) electrons. The van der Waals surface area contributed by atoms with Gasteiger partial charge in [-0.2, -0.15) is 8.42 Å². The average molecular weight is 418 g/mol. The third-order valence-corrected chi connectivity index (χ3v) is 4.66. The van der Waals surface area contributed by atoms with Gasteiger partial charge in [-0.3, -0.25) is 4.55 Å². The van der Waals surface area contributed by atoms with E-state index >= 15 is 0 Å². The van der Waals surface area contributed by atoms with Gasteiger partial charge in [0.2, 0.25) is 6.29 Å². The molecular formula is C16H18O11S. The second-order valence-corrected chi connectivity index (χ2v) is 7.34. The average Bonchev–Trinajstić information content (AvgIpc) is 2.60. The van der Waals surface area contributed by atoms with Crippen LogP contribution in [0.5, 0.6) is 5.75 Å². The highest BCUT2D eigenvalue weighted by atomic mass is 32.3. The summed E-state index contributed by atoms with van der Waals surface area (Å²) in [6.45, 7) is 0.904. The molecule has 154 valence electrons. The lowest BCUT2D eigenvalue weighted by molar-refractivity contribution is -0.276. The van der Waals surface area contributed by atoms with Crippen molar-refractivity contribution in [3.05, 3.63) is 40.2 Å². The molecule has 11 nitrogen and oxygen atoms in total. The Labute approximate surface area is 158 Å². The van der Waals surface area contributed by atoms with Gasteiger partial charge in [0.15, 0.2) is 0 Å². The number of aliphatic hydroxyl groups is 3. The van der Waals surface area contributed by atoms with Crippen LogP contribution in [0.1, 0.15) is 5.56 Å². The van der Waals surface area contributed by atoms with Gasteiger partial charge in [0.1, 0.15) is 35.7 Å². The van der Waals surface area contributed by atoms with Gasteiger partial charge in [0.05, 0.1) is 6.61 Å². The van der Waals surface area contributed by atoms with Crippen molar-refractivity contribution in [2.24, 2.45) is 0 Å². The molecule has 5 atom stereocenters. The maximum atomic E-state index is 11.5. The summed E-state index contributed by atoms with van der Waals surface area (Å²) in [6, 6.07) is 5.82. The number of fused-ring (bicyclic) bond motifs is 1. The van der Waals surface area contributed by atoms with Gasteiger partial charge in [-0.25, -0.2) is 8.98 Å². The zero-order valence-corrected chi connectivity index (χ0v) is 15.3. The maximum absolute atomic E-state index is 11.5. The lowest BCUT2D eigenvalue weighted by Gasteiger charge is -2.39. The monoisotopic (exact) mass is 418 g/mol. The third-order valence-electron chi connectivity index (χ3n) is 4.22. The van der Waals surface area contributed by atoms with Gasteiger partial charge in [0.25, 0.3) is 0 Å². The van der Waals surface area contributed by atoms with Gasteiger partial charge in [0, 0.05) is 17.5 Å². The van der Waals surface area contributed by atoms with Gasteiger partial charge in [-0.1, -0.05) is 0 Å². The zero-order chi connectivity index (χ0) is 20.6. The highest BCUT2D eigenvalue weighted by molar-refractivity contribution is 7.80. The summed E-state index contributed by atoms with van der Waals surface area (Å²) in [5.74, 6) is 0.114. The predicted molar refractivity (Wildman–Crippen MR) is 92.0 cm³/mol. The Kier molecular flexibility index (Phi) is 5.72. The fraction of sp³-hybridized carbons (Fsp3) is 0.438. The molecule has 12 heteroatoms. The molecule has 1 saturated heterocycles. The van der Waals surface area contributed by atoms with Crippen molar-refractivity contribution in [3.8, 4) is 5.75 Å².